The highest BCUT2D eigenvalue weighted by molar-refractivity contribution is 6.58. The summed E-state index contributed by atoms with van der Waals surface area (Å²) in [6.45, 7) is 28.5. The molecule has 2 aromatic carbocycles. The molecule has 0 radical (unpaired) electrons. The largest absolute Gasteiger partial charge is 0.488 e. The predicted octanol–water partition coefficient (Wildman–Crippen LogP) is 5.88. The van der Waals surface area contributed by atoms with Gasteiger partial charge in [0.25, 0.3) is 5.91 Å². The summed E-state index contributed by atoms with van der Waals surface area (Å²) in [7, 11) is 8.64. The van der Waals surface area contributed by atoms with Crippen molar-refractivity contribution >= 4 is 77.2 Å². The van der Waals surface area contributed by atoms with E-state index in [1.54, 1.807) is 57.2 Å². The van der Waals surface area contributed by atoms with Crippen LogP contribution in [0.5, 0.6) is 0 Å². The fourth-order valence-electron chi connectivity index (χ4n) is 15.6. The molecule has 0 saturated carbocycles. The minimum Gasteiger partial charge on any atom is -0.450 e. The molecule has 8 rings (SSSR count). The van der Waals surface area contributed by atoms with E-state index in [0.717, 1.165) is 85.6 Å². The number of piperazine rings is 2. The van der Waals surface area contributed by atoms with Gasteiger partial charge in [-0.3, -0.25) is 38.4 Å². The third-order valence-corrected chi connectivity index (χ3v) is 22.3. The fourth-order valence-corrected chi connectivity index (χ4v) is 15.6. The maximum Gasteiger partial charge on any atom is 0.488 e. The number of carbonyl (C=O) groups excluding carboxylic acids is 9. The average Bonchev–Trinajstić information content (AvgIpc) is 1.28. The van der Waals surface area contributed by atoms with Crippen LogP contribution in [0.25, 0.3) is 11.1 Å². The summed E-state index contributed by atoms with van der Waals surface area (Å²) in [6, 6.07) is 16.8. The number of likely N-dealkylation sites (N-methyl/N-ethyl adjacent to an activating group) is 6. The molecule has 25 nitrogen and oxygen atoms in total. The molecule has 4 N–H and O–H groups in total. The summed E-state index contributed by atoms with van der Waals surface area (Å²) in [5.41, 5.74) is 1.72. The number of fused-ring (bicyclic) bond motifs is 1. The summed E-state index contributed by atoms with van der Waals surface area (Å²) < 4.78 is 6.18. The third-order valence-electron chi connectivity index (χ3n) is 22.3. The van der Waals surface area contributed by atoms with Crippen LogP contribution in [0.2, 0.25) is 0 Å². The van der Waals surface area contributed by atoms with Crippen molar-refractivity contribution in [3.05, 3.63) is 102 Å². The van der Waals surface area contributed by atoms with Gasteiger partial charge in [-0.2, -0.15) is 0 Å². The summed E-state index contributed by atoms with van der Waals surface area (Å²) in [5.74, 6) is -7.83. The number of Topliss-reactive ketones (excluding diaryl/α,β-unsaturated/α-hetero) is 2. The van der Waals surface area contributed by atoms with Crippen LogP contribution in [0.15, 0.2) is 91.3 Å². The van der Waals surface area contributed by atoms with E-state index in [-0.39, 0.29) is 56.3 Å². The topological polar surface area (TPSA) is 291 Å². The Morgan fingerprint density at radius 3 is 1.68 bits per heavy atom. The third kappa shape index (κ3) is 22.5. The maximum atomic E-state index is 15.9. The van der Waals surface area contributed by atoms with Gasteiger partial charge in [0.05, 0.1) is 17.7 Å². The molecule has 4 saturated heterocycles. The van der Waals surface area contributed by atoms with E-state index in [2.05, 4.69) is 50.1 Å². The van der Waals surface area contributed by atoms with Crippen LogP contribution in [0.4, 0.5) is 11.6 Å². The smallest absolute Gasteiger partial charge is 0.450 e. The molecule has 592 valence electrons. The number of rotatable bonds is 17. The molecule has 0 spiro atoms. The average molecular weight is 1500 g/mol. The molecule has 4 aliphatic heterocycles. The van der Waals surface area contributed by atoms with Gasteiger partial charge in [-0.25, -0.2) is 14.8 Å². The summed E-state index contributed by atoms with van der Waals surface area (Å²) in [5, 5.41) is 33.0. The molecular formula is C82H123BN12O13. The van der Waals surface area contributed by atoms with Gasteiger partial charge in [0, 0.05) is 143 Å². The number of hydrogen-bond acceptors (Lipinski definition) is 19. The number of aliphatic hydroxyl groups is 1. The molecule has 3 unspecified atom stereocenters. The van der Waals surface area contributed by atoms with Gasteiger partial charge < -0.3 is 69.3 Å². The Hall–Kier alpha value is -8.17. The van der Waals surface area contributed by atoms with E-state index in [1.807, 2.05) is 109 Å². The molecule has 4 fully saturated rings. The van der Waals surface area contributed by atoms with Gasteiger partial charge >= 0.3 is 13.1 Å². The zero-order valence-corrected chi connectivity index (χ0v) is 67.4. The molecule has 0 bridgehead atoms. The maximum absolute atomic E-state index is 15.9. The molecule has 11 atom stereocenters. The number of pyridine rings is 2. The standard InChI is InChI=1S/C72H107N9O11.C10H16BN3O2/c1-18-47(9)54-43-58(82)56-29-24-32-81(56)69(88)57(40-50-27-23-28-51(38-50)52-30-31-73-60(42-52)80-35-33-75(13)34-36-80)76(14)68(87)55(39-49-25-21-20-22-26-49)74-65(84)62(46(7)8)78(16)70(89)63(48(10)19-2)92-71(90)64(72(11,12)91)79(17)66(85)53(37-44(3)4)41-59(83)61(45(5)6)77(15)67(54)86;1-13-4-6-14(7-5-13)10-8-9(11(15)16)2-3-12-10/h20-23,25-28,30-31,38,42,44-48,53-57,61-64,91H,18-19,24,29,32-37,39-41,43H2,1-17H3,(H,74,84);2-3,8,15-16H,4-7H2,1H3/t47?,48?,53?,54-,55-,56-,57-,61-,62-,63+,64+;/m0./s1. The van der Waals surface area contributed by atoms with E-state index in [4.69, 9.17) is 19.8 Å². The van der Waals surface area contributed by atoms with Gasteiger partial charge in [-0.1, -0.05) is 130 Å². The van der Waals surface area contributed by atoms with Gasteiger partial charge in [-0.05, 0) is 129 Å². The van der Waals surface area contributed by atoms with Crippen molar-refractivity contribution in [2.75, 3.05) is 111 Å². The quantitative estimate of drug-likeness (QED) is 0.0709. The second-order valence-corrected chi connectivity index (χ2v) is 32.3. The first kappa shape index (κ1) is 87.1. The number of amides is 6. The molecule has 26 heteroatoms. The SMILES string of the molecule is CCC(C)[C@@H]1CC(=O)[C@@H]2CCCN2C(=O)[C@H](Cc2cccc(-c3ccnc(N4CCN(C)CC4)c3)c2)N(C)C(=O)[C@H](Cc2ccccc2)NC(=O)[C@H](C(C)C)N(C)C(=O)[C@@H](C(C)CC)OC(=O)[C@H](C(C)(C)O)N(C)C(=O)C(CC(C)C)CC(=O)[C@H](C(C)C)N(C)C1=O.CN1CCN(c2cc(B(O)O)ccn2)CC1. The first-order valence-electron chi connectivity index (χ1n) is 38.9. The Bertz CT molecular complexity index is 3690. The van der Waals surface area contributed by atoms with E-state index >= 15 is 28.8 Å². The fraction of sp³-hybridized carbons (Fsp3) is 0.622. The summed E-state index contributed by atoms with van der Waals surface area (Å²) in [6.07, 6.45) is 3.14. The number of cyclic esters (lactones) is 1. The highest BCUT2D eigenvalue weighted by Crippen LogP contribution is 2.34. The van der Waals surface area contributed by atoms with Gasteiger partial charge in [0.1, 0.15) is 29.8 Å². The van der Waals surface area contributed by atoms with Crippen LogP contribution < -0.4 is 20.6 Å². The van der Waals surface area contributed by atoms with Crippen LogP contribution in [0.1, 0.15) is 139 Å². The lowest BCUT2D eigenvalue weighted by Gasteiger charge is -2.39. The van der Waals surface area contributed by atoms with Crippen molar-refractivity contribution < 1.29 is 63.0 Å². The second kappa shape index (κ2) is 39.5. The molecule has 108 heavy (non-hydrogen) atoms. The van der Waals surface area contributed by atoms with Crippen molar-refractivity contribution in [2.45, 2.75) is 189 Å². The number of nitrogens with one attached hydrogen (secondary N) is 1. The second-order valence-electron chi connectivity index (χ2n) is 32.3. The van der Waals surface area contributed by atoms with Crippen molar-refractivity contribution in [1.82, 2.24) is 49.6 Å². The number of esters is 1. The Labute approximate surface area is 641 Å². The molecule has 6 amide bonds. The monoisotopic (exact) mass is 1490 g/mol. The van der Waals surface area contributed by atoms with Crippen LogP contribution >= 0.6 is 0 Å². The van der Waals surface area contributed by atoms with E-state index in [9.17, 15) is 19.5 Å². The van der Waals surface area contributed by atoms with E-state index in [0.29, 0.717) is 36.7 Å². The highest BCUT2D eigenvalue weighted by atomic mass is 16.6. The summed E-state index contributed by atoms with van der Waals surface area (Å²) in [4.78, 5) is 162. The van der Waals surface area contributed by atoms with Crippen molar-refractivity contribution in [1.29, 1.82) is 0 Å². The van der Waals surface area contributed by atoms with E-state index < -0.39 is 132 Å². The van der Waals surface area contributed by atoms with Crippen molar-refractivity contribution in [2.24, 2.45) is 41.4 Å². The Morgan fingerprint density at radius 2 is 1.12 bits per heavy atom. The first-order valence-corrected chi connectivity index (χ1v) is 38.9. The Balaban J connectivity index is 0.000000890. The lowest BCUT2D eigenvalue weighted by atomic mass is 9.81. The molecule has 2 aromatic heterocycles. The molecular weight excluding hydrogens is 1370 g/mol. The molecule has 0 aliphatic carbocycles. The normalized spacial score (nSPS) is 24.6. The first-order chi connectivity index (χ1) is 51.0. The summed E-state index contributed by atoms with van der Waals surface area (Å²) >= 11 is 0. The number of carbonyl (C=O) groups is 9. The van der Waals surface area contributed by atoms with Crippen LogP contribution in [0, 0.1) is 41.4 Å². The zero-order valence-electron chi connectivity index (χ0n) is 67.4. The molecule has 6 heterocycles. The number of aromatic nitrogens is 2. The van der Waals surface area contributed by atoms with Crippen molar-refractivity contribution in [3.8, 4) is 11.1 Å². The Kier molecular flexibility index (Phi) is 31.8. The minimum absolute atomic E-state index is 0.00738. The van der Waals surface area contributed by atoms with E-state index in [1.165, 1.54) is 49.7 Å². The van der Waals surface area contributed by atoms with Crippen molar-refractivity contribution in [3.63, 3.8) is 0 Å². The Morgan fingerprint density at radius 1 is 0.565 bits per heavy atom. The van der Waals surface area contributed by atoms with Crippen LogP contribution in [0.3, 0.4) is 0 Å². The van der Waals surface area contributed by atoms with Gasteiger partial charge in [-0.15, -0.1) is 0 Å². The van der Waals surface area contributed by atoms with Crippen LogP contribution in [-0.2, 0) is 60.7 Å². The van der Waals surface area contributed by atoms with Gasteiger partial charge in [0.2, 0.25) is 29.5 Å². The lowest BCUT2D eigenvalue weighted by Crippen LogP contribution is -2.61. The number of benzene rings is 2. The lowest BCUT2D eigenvalue weighted by molar-refractivity contribution is -0.178. The van der Waals surface area contributed by atoms with Gasteiger partial charge in [0.15, 0.2) is 23.7 Å². The number of hydrogen-bond donors (Lipinski definition) is 4. The number of ketones is 2. The number of nitrogens with zero attached hydrogens (tertiary/aromatic N) is 11. The zero-order chi connectivity index (χ0) is 79.8. The highest BCUT2D eigenvalue weighted by Gasteiger charge is 2.48. The minimum atomic E-state index is -1.95. The predicted molar refractivity (Wildman–Crippen MR) is 420 cm³/mol. The molecule has 4 aromatic rings. The van der Waals surface area contributed by atoms with Crippen LogP contribution in [-0.4, -0.2) is 269 Å². The molecule has 4 aliphatic rings. The number of ether oxygens (including phenoxy) is 1. The number of anilines is 2.